The van der Waals surface area contributed by atoms with Gasteiger partial charge in [-0.05, 0) is 56.2 Å². The molecule has 0 aliphatic rings. The molecule has 5 aromatic rings. The van der Waals surface area contributed by atoms with Crippen LogP contribution in [0.1, 0.15) is 40.2 Å². The van der Waals surface area contributed by atoms with Crippen molar-refractivity contribution in [3.05, 3.63) is 95.3 Å². The normalized spacial score (nSPS) is 12.2. The Balaban J connectivity index is 1.70. The van der Waals surface area contributed by atoms with Crippen molar-refractivity contribution in [3.8, 4) is 17.1 Å². The molecule has 3 aromatic heterocycles. The first-order valence-corrected chi connectivity index (χ1v) is 10.8. The van der Waals surface area contributed by atoms with Gasteiger partial charge in [-0.15, -0.1) is 0 Å². The molecule has 0 saturated carbocycles. The molecule has 1 N–H and O–H groups in total. The highest BCUT2D eigenvalue weighted by Crippen LogP contribution is 2.36. The summed E-state index contributed by atoms with van der Waals surface area (Å²) in [7, 11) is 0. The number of imidazole rings is 1. The Labute approximate surface area is 191 Å². The monoisotopic (exact) mass is 437 g/mol. The van der Waals surface area contributed by atoms with Crippen LogP contribution in [0.3, 0.4) is 0 Å². The van der Waals surface area contributed by atoms with Crippen LogP contribution < -0.4 is 4.74 Å². The third-order valence-electron chi connectivity index (χ3n) is 5.94. The first-order valence-electron chi connectivity index (χ1n) is 10.8. The summed E-state index contributed by atoms with van der Waals surface area (Å²) in [4.78, 5) is 21.9. The Bertz CT molecular complexity index is 1510. The molecular formula is C27H23N3O3. The van der Waals surface area contributed by atoms with Crippen molar-refractivity contribution in [1.82, 2.24) is 14.4 Å². The zero-order valence-electron chi connectivity index (χ0n) is 18.6. The van der Waals surface area contributed by atoms with E-state index in [2.05, 4.69) is 0 Å². The number of carbonyl (C=O) groups is 1. The van der Waals surface area contributed by atoms with E-state index in [4.69, 9.17) is 14.7 Å². The van der Waals surface area contributed by atoms with E-state index in [0.29, 0.717) is 28.0 Å². The van der Waals surface area contributed by atoms with E-state index in [1.54, 1.807) is 6.07 Å². The smallest absolute Gasteiger partial charge is 0.336 e. The summed E-state index contributed by atoms with van der Waals surface area (Å²) in [5.74, 6) is -0.539. The van der Waals surface area contributed by atoms with Gasteiger partial charge >= 0.3 is 5.97 Å². The minimum Gasteiger partial charge on any atom is -0.485 e. The molecule has 0 fully saturated rings. The zero-order chi connectivity index (χ0) is 23.1. The van der Waals surface area contributed by atoms with E-state index in [0.717, 1.165) is 22.5 Å². The van der Waals surface area contributed by atoms with Crippen molar-refractivity contribution in [2.24, 2.45) is 0 Å². The van der Waals surface area contributed by atoms with Crippen molar-refractivity contribution in [3.63, 3.8) is 0 Å². The highest BCUT2D eigenvalue weighted by atomic mass is 16.5. The third kappa shape index (κ3) is 3.59. The summed E-state index contributed by atoms with van der Waals surface area (Å²) >= 11 is 0. The van der Waals surface area contributed by atoms with E-state index in [1.807, 2.05) is 92.0 Å². The van der Waals surface area contributed by atoms with Crippen molar-refractivity contribution in [2.45, 2.75) is 26.9 Å². The molecule has 164 valence electrons. The summed E-state index contributed by atoms with van der Waals surface area (Å²) in [6.07, 6.45) is 1.68. The summed E-state index contributed by atoms with van der Waals surface area (Å²) in [5, 5.41) is 10.6. The van der Waals surface area contributed by atoms with E-state index in [1.165, 1.54) is 0 Å². The summed E-state index contributed by atoms with van der Waals surface area (Å²) in [6.45, 7) is 5.82. The Kier molecular flexibility index (Phi) is 5.05. The number of carboxylic acid groups (broad SMARTS) is 1. The number of carboxylic acids is 1. The summed E-state index contributed by atoms with van der Waals surface area (Å²) in [6, 6.07) is 20.9. The molecule has 0 radical (unpaired) electrons. The number of aryl methyl sites for hydroxylation is 2. The average Bonchev–Trinajstić information content (AvgIpc) is 3.17. The molecule has 0 saturated heterocycles. The Hall–Kier alpha value is -4.19. The van der Waals surface area contributed by atoms with Crippen molar-refractivity contribution in [2.75, 3.05) is 0 Å². The van der Waals surface area contributed by atoms with Gasteiger partial charge in [0.2, 0.25) is 0 Å². The molecule has 0 spiro atoms. The molecule has 33 heavy (non-hydrogen) atoms. The van der Waals surface area contributed by atoms with E-state index in [9.17, 15) is 9.90 Å². The van der Waals surface area contributed by atoms with Crippen LogP contribution in [-0.2, 0) is 0 Å². The van der Waals surface area contributed by atoms with Crippen LogP contribution >= 0.6 is 0 Å². The molecule has 1 unspecified atom stereocenters. The van der Waals surface area contributed by atoms with Crippen LogP contribution in [0.4, 0.5) is 0 Å². The molecule has 0 amide bonds. The van der Waals surface area contributed by atoms with Crippen molar-refractivity contribution < 1.29 is 14.6 Å². The number of hydrogen-bond donors (Lipinski definition) is 1. The lowest BCUT2D eigenvalue weighted by molar-refractivity contribution is 0.0698. The number of ether oxygens (including phenoxy) is 1. The van der Waals surface area contributed by atoms with Gasteiger partial charge in [0.05, 0.1) is 22.2 Å². The largest absolute Gasteiger partial charge is 0.485 e. The van der Waals surface area contributed by atoms with E-state index >= 15 is 0 Å². The lowest BCUT2D eigenvalue weighted by Gasteiger charge is -2.18. The summed E-state index contributed by atoms with van der Waals surface area (Å²) < 4.78 is 8.22. The van der Waals surface area contributed by atoms with Gasteiger partial charge in [-0.25, -0.2) is 14.8 Å². The number of nitrogens with zero attached hydrogens (tertiary/aromatic N) is 3. The lowest BCUT2D eigenvalue weighted by Crippen LogP contribution is -2.07. The maximum absolute atomic E-state index is 12.4. The topological polar surface area (TPSA) is 76.7 Å². The van der Waals surface area contributed by atoms with E-state index in [-0.39, 0.29) is 11.7 Å². The maximum Gasteiger partial charge on any atom is 0.336 e. The number of aromatic carboxylic acids is 1. The molecule has 0 aliphatic carbocycles. The molecular weight excluding hydrogens is 414 g/mol. The van der Waals surface area contributed by atoms with Gasteiger partial charge in [-0.1, -0.05) is 42.5 Å². The minimum absolute atomic E-state index is 0.144. The van der Waals surface area contributed by atoms with Crippen LogP contribution in [0.25, 0.3) is 27.9 Å². The van der Waals surface area contributed by atoms with Gasteiger partial charge in [-0.2, -0.15) is 0 Å². The maximum atomic E-state index is 12.4. The van der Waals surface area contributed by atoms with Gasteiger partial charge in [0.1, 0.15) is 23.2 Å². The van der Waals surface area contributed by atoms with Crippen LogP contribution in [0, 0.1) is 13.8 Å². The second-order valence-corrected chi connectivity index (χ2v) is 8.11. The quantitative estimate of drug-likeness (QED) is 0.365. The zero-order valence-corrected chi connectivity index (χ0v) is 18.6. The minimum atomic E-state index is -1.03. The SMILES string of the molecule is Cc1ccc(OC(C)c2ccccc2)c2c(C(=O)O)cc(-c3nc4ccccn4c3C)nc12. The number of aromatic nitrogens is 3. The lowest BCUT2D eigenvalue weighted by atomic mass is 10.0. The molecule has 5 rings (SSSR count). The van der Waals surface area contributed by atoms with Gasteiger partial charge in [0.15, 0.2) is 0 Å². The van der Waals surface area contributed by atoms with Crippen molar-refractivity contribution in [1.29, 1.82) is 0 Å². The second-order valence-electron chi connectivity index (χ2n) is 8.11. The molecule has 2 aromatic carbocycles. The van der Waals surface area contributed by atoms with Gasteiger partial charge in [0.25, 0.3) is 0 Å². The first-order chi connectivity index (χ1) is 15.9. The predicted octanol–water partition coefficient (Wildman–Crippen LogP) is 6.00. The van der Waals surface area contributed by atoms with Crippen molar-refractivity contribution >= 4 is 22.5 Å². The van der Waals surface area contributed by atoms with Crippen LogP contribution in [-0.4, -0.2) is 25.4 Å². The molecule has 0 bridgehead atoms. The average molecular weight is 437 g/mol. The molecule has 6 heteroatoms. The predicted molar refractivity (Wildman–Crippen MR) is 128 cm³/mol. The second kappa shape index (κ2) is 8.06. The molecule has 1 atom stereocenters. The number of benzene rings is 2. The summed E-state index contributed by atoms with van der Waals surface area (Å²) in [5.41, 5.74) is 5.49. The van der Waals surface area contributed by atoms with Crippen LogP contribution in [0.15, 0.2) is 72.9 Å². The highest BCUT2D eigenvalue weighted by molar-refractivity contribution is 6.07. The number of rotatable bonds is 5. The number of hydrogen-bond acceptors (Lipinski definition) is 4. The Morgan fingerprint density at radius 2 is 1.76 bits per heavy atom. The first kappa shape index (κ1) is 20.7. The fraction of sp³-hybridized carbons (Fsp3) is 0.148. The molecule has 0 aliphatic heterocycles. The van der Waals surface area contributed by atoms with Gasteiger partial charge in [-0.3, -0.25) is 0 Å². The van der Waals surface area contributed by atoms with Crippen LogP contribution in [0.2, 0.25) is 0 Å². The Morgan fingerprint density at radius 1 is 1.00 bits per heavy atom. The Morgan fingerprint density at radius 3 is 2.48 bits per heavy atom. The fourth-order valence-corrected chi connectivity index (χ4v) is 4.17. The standard InChI is InChI=1S/C27H23N3O3/c1-16-12-13-22(33-18(3)19-9-5-4-6-10-19)24-20(27(31)32)15-21(28-25(16)24)26-17(2)30-14-8-7-11-23(30)29-26/h4-15,18H,1-3H3,(H,31,32). The van der Waals surface area contributed by atoms with Gasteiger partial charge in [0, 0.05) is 11.9 Å². The van der Waals surface area contributed by atoms with Gasteiger partial charge < -0.3 is 14.2 Å². The fourth-order valence-electron chi connectivity index (χ4n) is 4.17. The highest BCUT2D eigenvalue weighted by Gasteiger charge is 2.22. The molecule has 6 nitrogen and oxygen atoms in total. The number of pyridine rings is 2. The third-order valence-corrected chi connectivity index (χ3v) is 5.94. The van der Waals surface area contributed by atoms with Crippen LogP contribution in [0.5, 0.6) is 5.75 Å². The number of fused-ring (bicyclic) bond motifs is 2. The molecule has 3 heterocycles. The van der Waals surface area contributed by atoms with E-state index < -0.39 is 5.97 Å².